The van der Waals surface area contributed by atoms with Gasteiger partial charge in [0.25, 0.3) is 5.85 Å². The summed E-state index contributed by atoms with van der Waals surface area (Å²) in [5, 5.41) is 0. The van der Waals surface area contributed by atoms with Gasteiger partial charge in [0.15, 0.2) is 0 Å². The van der Waals surface area contributed by atoms with Crippen LogP contribution in [0.1, 0.15) is 0 Å². The zero-order valence-electron chi connectivity index (χ0n) is 4.78. The van der Waals surface area contributed by atoms with Crippen LogP contribution in [0, 0.1) is 0 Å². The van der Waals surface area contributed by atoms with Crippen LogP contribution in [0.25, 0.3) is 0 Å². The molecule has 0 aliphatic carbocycles. The molecule has 0 N–H and O–H groups in total. The summed E-state index contributed by atoms with van der Waals surface area (Å²) in [5.74, 6) is -0.714. The highest BCUT2D eigenvalue weighted by Crippen LogP contribution is 2.20. The molecule has 0 aromatic heterocycles. The molecule has 1 aliphatic rings. The summed E-state index contributed by atoms with van der Waals surface area (Å²) in [7, 11) is -2.47. The van der Waals surface area contributed by atoms with Gasteiger partial charge < -0.3 is 14.4 Å². The zero-order valence-corrected chi connectivity index (χ0v) is 5.67. The molecule has 2 atom stereocenters. The summed E-state index contributed by atoms with van der Waals surface area (Å²) < 4.78 is 19.8. The Kier molecular flexibility index (Phi) is 2.54. The summed E-state index contributed by atoms with van der Waals surface area (Å²) in [6, 6.07) is 0. The molecule has 1 rings (SSSR count). The van der Waals surface area contributed by atoms with Crippen LogP contribution in [-0.2, 0) is 14.0 Å². The summed E-state index contributed by atoms with van der Waals surface area (Å²) in [5.41, 5.74) is 0. The molecule has 0 amide bonds. The van der Waals surface area contributed by atoms with Gasteiger partial charge in [-0.2, -0.15) is 0 Å². The maximum Gasteiger partial charge on any atom is 0.343 e. The Labute approximate surface area is 53.6 Å². The Hall–Kier alpha value is -0.0200. The lowest BCUT2D eigenvalue weighted by Crippen LogP contribution is -2.27. The van der Waals surface area contributed by atoms with Crippen molar-refractivity contribution < 1.29 is 18.9 Å². The fourth-order valence-electron chi connectivity index (χ4n) is 0.597. The first kappa shape index (κ1) is 7.09. The first-order chi connectivity index (χ1) is 4.30. The molecule has 0 aromatic carbocycles. The van der Waals surface area contributed by atoms with Gasteiger partial charge in [0.2, 0.25) is 0 Å². The second-order valence-corrected chi connectivity index (χ2v) is 2.83. The molecule has 1 aliphatic heterocycles. The van der Waals surface area contributed by atoms with Crippen molar-refractivity contribution in [1.82, 2.24) is 0 Å². The molecular weight excluding hydrogens is 143 g/mol. The highest BCUT2D eigenvalue weighted by molar-refractivity contribution is 7.37. The third kappa shape index (κ3) is 1.99. The number of hydrogen-bond acceptors (Lipinski definition) is 4. The fraction of sp³-hybridized carbons (Fsp3) is 1.00. The van der Waals surface area contributed by atoms with Crippen molar-refractivity contribution in [3.8, 4) is 0 Å². The molecule has 9 heavy (non-hydrogen) atoms. The minimum atomic E-state index is -2.47. The predicted molar refractivity (Wildman–Crippen MR) is 28.2 cm³/mol. The van der Waals surface area contributed by atoms with Crippen molar-refractivity contribution in [3.63, 3.8) is 0 Å². The van der Waals surface area contributed by atoms with Gasteiger partial charge in [-0.05, 0) is 0 Å². The van der Waals surface area contributed by atoms with Crippen LogP contribution in [0.3, 0.4) is 0 Å². The van der Waals surface area contributed by atoms with E-state index in [1.54, 1.807) is 0 Å². The second kappa shape index (κ2) is 3.22. The van der Waals surface area contributed by atoms with Crippen molar-refractivity contribution in [2.45, 2.75) is 5.85 Å². The lowest BCUT2D eigenvalue weighted by Gasteiger charge is -2.15. The third-order valence-corrected chi connectivity index (χ3v) is 1.80. The number of ether oxygens (including phenoxy) is 2. The van der Waals surface area contributed by atoms with Gasteiger partial charge in [0.1, 0.15) is 6.61 Å². The van der Waals surface area contributed by atoms with E-state index < -0.39 is 13.9 Å². The second-order valence-electron chi connectivity index (χ2n) is 1.69. The Morgan fingerprint density at radius 2 is 2.33 bits per heavy atom. The molecule has 0 aromatic rings. The van der Waals surface area contributed by atoms with Crippen molar-refractivity contribution in [3.05, 3.63) is 0 Å². The first-order valence-corrected chi connectivity index (χ1v) is 3.88. The van der Waals surface area contributed by atoms with Gasteiger partial charge in [-0.3, -0.25) is 0 Å². The van der Waals surface area contributed by atoms with Gasteiger partial charge in [-0.25, -0.2) is 0 Å². The standard InChI is InChI=1S/C4H7O4P/c5-9(6)4-3-7-1-2-8-4/h4H,1-3H2. The largest absolute Gasteiger partial charge is 0.593 e. The molecule has 1 fully saturated rings. The molecule has 52 valence electrons. The highest BCUT2D eigenvalue weighted by atomic mass is 31.1. The minimum Gasteiger partial charge on any atom is -0.593 e. The van der Waals surface area contributed by atoms with Crippen molar-refractivity contribution in [1.29, 1.82) is 0 Å². The molecule has 5 heteroatoms. The molecular formula is C4H7O4P. The molecule has 0 bridgehead atoms. The summed E-state index contributed by atoms with van der Waals surface area (Å²) in [6.45, 7) is 1.06. The average molecular weight is 150 g/mol. The molecule has 0 spiro atoms. The van der Waals surface area contributed by atoms with Crippen LogP contribution in [0.5, 0.6) is 0 Å². The lowest BCUT2D eigenvalue weighted by atomic mass is 10.6. The molecule has 0 saturated carbocycles. The Morgan fingerprint density at radius 3 is 2.67 bits per heavy atom. The van der Waals surface area contributed by atoms with E-state index in [1.807, 2.05) is 0 Å². The van der Waals surface area contributed by atoms with E-state index in [4.69, 9.17) is 9.47 Å². The Balaban J connectivity index is 2.31. The van der Waals surface area contributed by atoms with Crippen LogP contribution >= 0.6 is 8.03 Å². The molecule has 4 nitrogen and oxygen atoms in total. The monoisotopic (exact) mass is 150 g/mol. The maximum absolute atomic E-state index is 10.2. The molecule has 2 unspecified atom stereocenters. The zero-order chi connectivity index (χ0) is 6.69. The normalized spacial score (nSPS) is 29.9. The first-order valence-electron chi connectivity index (χ1n) is 2.63. The third-order valence-electron chi connectivity index (χ3n) is 1.03. The van der Waals surface area contributed by atoms with Gasteiger partial charge in [0.05, 0.1) is 13.2 Å². The van der Waals surface area contributed by atoms with E-state index in [-0.39, 0.29) is 6.61 Å². The quantitative estimate of drug-likeness (QED) is 0.471. The maximum atomic E-state index is 10.2. The van der Waals surface area contributed by atoms with Gasteiger partial charge in [0, 0.05) is 0 Å². The molecule has 1 heterocycles. The van der Waals surface area contributed by atoms with Gasteiger partial charge in [-0.1, -0.05) is 4.57 Å². The van der Waals surface area contributed by atoms with Crippen LogP contribution in [0.15, 0.2) is 0 Å². The Bertz CT molecular complexity index is 109. The smallest absolute Gasteiger partial charge is 0.343 e. The van der Waals surface area contributed by atoms with E-state index in [2.05, 4.69) is 0 Å². The van der Waals surface area contributed by atoms with Crippen molar-refractivity contribution in [2.75, 3.05) is 19.8 Å². The predicted octanol–water partition coefficient (Wildman–Crippen LogP) is -0.538. The van der Waals surface area contributed by atoms with Crippen molar-refractivity contribution >= 4 is 8.03 Å². The lowest BCUT2D eigenvalue weighted by molar-refractivity contribution is -0.181. The summed E-state index contributed by atoms with van der Waals surface area (Å²) in [4.78, 5) is 10.2. The Morgan fingerprint density at radius 1 is 1.56 bits per heavy atom. The summed E-state index contributed by atoms with van der Waals surface area (Å²) >= 11 is 0. The topological polar surface area (TPSA) is 58.6 Å². The van der Waals surface area contributed by atoms with E-state index in [9.17, 15) is 9.46 Å². The number of rotatable bonds is 1. The SMILES string of the molecule is O=[P+]([O-])C1COCCO1. The van der Waals surface area contributed by atoms with E-state index >= 15 is 0 Å². The fourth-order valence-corrected chi connectivity index (χ4v) is 1.05. The number of hydrogen-bond donors (Lipinski definition) is 0. The van der Waals surface area contributed by atoms with E-state index in [0.717, 1.165) is 0 Å². The van der Waals surface area contributed by atoms with E-state index in [1.165, 1.54) is 0 Å². The van der Waals surface area contributed by atoms with Crippen molar-refractivity contribution in [2.24, 2.45) is 0 Å². The molecule has 1 saturated heterocycles. The minimum absolute atomic E-state index is 0.179. The van der Waals surface area contributed by atoms with Gasteiger partial charge >= 0.3 is 8.03 Å². The van der Waals surface area contributed by atoms with E-state index in [0.29, 0.717) is 13.2 Å². The average Bonchev–Trinajstić information content (AvgIpc) is 1.90. The van der Waals surface area contributed by atoms with Gasteiger partial charge in [-0.15, -0.1) is 0 Å². The summed E-state index contributed by atoms with van der Waals surface area (Å²) in [6.07, 6.45) is 0. The van der Waals surface area contributed by atoms with Crippen LogP contribution < -0.4 is 4.89 Å². The van der Waals surface area contributed by atoms with Crippen LogP contribution in [-0.4, -0.2) is 25.7 Å². The van der Waals surface area contributed by atoms with Crippen LogP contribution in [0.4, 0.5) is 0 Å². The van der Waals surface area contributed by atoms with Crippen LogP contribution in [0.2, 0.25) is 0 Å². The molecule has 0 radical (unpaired) electrons. The highest BCUT2D eigenvalue weighted by Gasteiger charge is 2.25.